The minimum Gasteiger partial charge on any atom is -0.394 e. The van der Waals surface area contributed by atoms with E-state index < -0.39 is 5.92 Å². The molecule has 1 aliphatic rings. The number of rotatable bonds is 4. The Morgan fingerprint density at radius 3 is 2.71 bits per heavy atom. The average molecular weight is 294 g/mol. The highest BCUT2D eigenvalue weighted by atomic mass is 19.3. The zero-order valence-corrected chi connectivity index (χ0v) is 11.6. The molecule has 0 aliphatic heterocycles. The average Bonchev–Trinajstić information content (AvgIpc) is 3.25. The molecule has 1 aliphatic carbocycles. The van der Waals surface area contributed by atoms with E-state index in [1.165, 1.54) is 22.9 Å². The number of hydrogen-bond donors (Lipinski definition) is 1. The molecular formula is C15H16F2N2O2. The van der Waals surface area contributed by atoms with E-state index in [2.05, 4.69) is 4.98 Å². The van der Waals surface area contributed by atoms with Crippen molar-refractivity contribution in [3.8, 4) is 0 Å². The normalized spacial score (nSPS) is 17.1. The second kappa shape index (κ2) is 4.87. The molecule has 0 spiro atoms. The first-order valence-corrected chi connectivity index (χ1v) is 6.93. The molecule has 21 heavy (non-hydrogen) atoms. The topological polar surface area (TPSA) is 55.1 Å². The van der Waals surface area contributed by atoms with Crippen molar-refractivity contribution in [1.29, 1.82) is 0 Å². The largest absolute Gasteiger partial charge is 0.394 e. The van der Waals surface area contributed by atoms with Gasteiger partial charge in [-0.05, 0) is 37.0 Å². The molecule has 0 bridgehead atoms. The molecule has 1 unspecified atom stereocenters. The Hall–Kier alpha value is -1.82. The van der Waals surface area contributed by atoms with Crippen LogP contribution in [0.1, 0.15) is 31.5 Å². The lowest BCUT2D eigenvalue weighted by atomic mass is 10.1. The van der Waals surface area contributed by atoms with Gasteiger partial charge in [0.15, 0.2) is 0 Å². The number of hydrogen-bond acceptors (Lipinski definition) is 3. The molecule has 1 fully saturated rings. The van der Waals surface area contributed by atoms with Gasteiger partial charge in [-0.3, -0.25) is 4.79 Å². The van der Waals surface area contributed by atoms with Crippen molar-refractivity contribution < 1.29 is 13.9 Å². The van der Waals surface area contributed by atoms with E-state index in [1.54, 1.807) is 6.07 Å². The van der Waals surface area contributed by atoms with Crippen molar-refractivity contribution in [2.75, 3.05) is 6.61 Å². The Balaban J connectivity index is 2.11. The second-order valence-corrected chi connectivity index (χ2v) is 5.63. The van der Waals surface area contributed by atoms with Gasteiger partial charge in [-0.25, -0.2) is 4.98 Å². The van der Waals surface area contributed by atoms with Crippen LogP contribution in [0.2, 0.25) is 0 Å². The quantitative estimate of drug-likeness (QED) is 0.942. The Morgan fingerprint density at radius 2 is 2.14 bits per heavy atom. The number of fused-ring (bicyclic) bond motifs is 1. The number of aromatic nitrogens is 2. The molecule has 4 nitrogen and oxygen atoms in total. The molecule has 0 amide bonds. The molecule has 1 atom stereocenters. The predicted octanol–water partition coefficient (Wildman–Crippen LogP) is 2.45. The van der Waals surface area contributed by atoms with Gasteiger partial charge in [-0.1, -0.05) is 0 Å². The highest BCUT2D eigenvalue weighted by Gasteiger charge is 2.33. The number of pyridine rings is 2. The fraction of sp³-hybridized carbons (Fsp3) is 0.467. The second-order valence-electron chi connectivity index (χ2n) is 5.63. The molecular weight excluding hydrogens is 278 g/mol. The molecule has 3 rings (SSSR count). The molecule has 1 N–H and O–H groups in total. The number of aliphatic hydroxyl groups excluding tert-OH is 1. The SMILES string of the molecule is CC(F)(F)c1ccc2c(=O)n(C(CO)C3CC3)ccc2n1. The number of aliphatic hydroxyl groups is 1. The van der Waals surface area contributed by atoms with Crippen LogP contribution in [0.4, 0.5) is 8.78 Å². The molecule has 0 saturated heterocycles. The first-order valence-electron chi connectivity index (χ1n) is 6.93. The molecule has 0 aromatic carbocycles. The van der Waals surface area contributed by atoms with Crippen LogP contribution in [-0.2, 0) is 5.92 Å². The third kappa shape index (κ3) is 2.55. The molecule has 112 valence electrons. The zero-order valence-electron chi connectivity index (χ0n) is 11.6. The summed E-state index contributed by atoms with van der Waals surface area (Å²) in [5.74, 6) is -2.72. The molecule has 1 saturated carbocycles. The van der Waals surface area contributed by atoms with E-state index in [9.17, 15) is 18.7 Å². The summed E-state index contributed by atoms with van der Waals surface area (Å²) in [6, 6.07) is 3.87. The van der Waals surface area contributed by atoms with Gasteiger partial charge in [0.25, 0.3) is 11.5 Å². The van der Waals surface area contributed by atoms with Gasteiger partial charge in [0.05, 0.1) is 23.6 Å². The van der Waals surface area contributed by atoms with Crippen LogP contribution in [0.15, 0.2) is 29.2 Å². The minimum atomic E-state index is -3.04. The number of alkyl halides is 2. The number of nitrogens with zero attached hydrogens (tertiary/aromatic N) is 2. The Labute approximate surface area is 120 Å². The summed E-state index contributed by atoms with van der Waals surface area (Å²) in [7, 11) is 0. The first-order chi connectivity index (χ1) is 9.91. The standard InChI is InChI=1S/C15H16F2N2O2/c1-15(16,17)13-5-4-10-11(18-13)6-7-19(14(10)21)12(8-20)9-2-3-9/h4-7,9,12,20H,2-3,8H2,1H3. The minimum absolute atomic E-state index is 0.103. The third-order valence-electron chi connectivity index (χ3n) is 3.94. The lowest BCUT2D eigenvalue weighted by molar-refractivity contribution is 0.0131. The third-order valence-corrected chi connectivity index (χ3v) is 3.94. The maximum absolute atomic E-state index is 13.3. The smallest absolute Gasteiger partial charge is 0.286 e. The zero-order chi connectivity index (χ0) is 15.2. The fourth-order valence-corrected chi connectivity index (χ4v) is 2.59. The summed E-state index contributed by atoms with van der Waals surface area (Å²) in [5.41, 5.74) is -0.396. The maximum atomic E-state index is 13.3. The van der Waals surface area contributed by atoms with Crippen molar-refractivity contribution >= 4 is 10.9 Å². The van der Waals surface area contributed by atoms with Crippen LogP contribution in [0.3, 0.4) is 0 Å². The summed E-state index contributed by atoms with van der Waals surface area (Å²) >= 11 is 0. The van der Waals surface area contributed by atoms with E-state index >= 15 is 0 Å². The van der Waals surface area contributed by atoms with Crippen molar-refractivity contribution in [3.05, 3.63) is 40.4 Å². The fourth-order valence-electron chi connectivity index (χ4n) is 2.59. The van der Waals surface area contributed by atoms with Gasteiger partial charge < -0.3 is 9.67 Å². The van der Waals surface area contributed by atoms with E-state index in [0.717, 1.165) is 19.8 Å². The summed E-state index contributed by atoms with van der Waals surface area (Å²) in [6.45, 7) is 0.673. The van der Waals surface area contributed by atoms with Crippen LogP contribution in [-0.4, -0.2) is 21.3 Å². The van der Waals surface area contributed by atoms with Crippen LogP contribution >= 0.6 is 0 Å². The Kier molecular flexibility index (Phi) is 3.28. The van der Waals surface area contributed by atoms with Crippen molar-refractivity contribution in [1.82, 2.24) is 9.55 Å². The van der Waals surface area contributed by atoms with E-state index in [1.807, 2.05) is 0 Å². The van der Waals surface area contributed by atoms with E-state index in [-0.39, 0.29) is 29.4 Å². The summed E-state index contributed by atoms with van der Waals surface area (Å²) in [5, 5.41) is 9.76. The Bertz CT molecular complexity index is 733. The number of halogens is 2. The van der Waals surface area contributed by atoms with Gasteiger partial charge in [-0.15, -0.1) is 0 Å². The molecule has 2 aromatic heterocycles. The van der Waals surface area contributed by atoms with Gasteiger partial charge >= 0.3 is 0 Å². The van der Waals surface area contributed by atoms with Crippen LogP contribution in [0, 0.1) is 5.92 Å². The van der Waals surface area contributed by atoms with Gasteiger partial charge in [0, 0.05) is 13.1 Å². The summed E-state index contributed by atoms with van der Waals surface area (Å²) in [4.78, 5) is 16.3. The van der Waals surface area contributed by atoms with Gasteiger partial charge in [0.1, 0.15) is 5.69 Å². The van der Waals surface area contributed by atoms with Crippen LogP contribution < -0.4 is 5.56 Å². The van der Waals surface area contributed by atoms with Gasteiger partial charge in [-0.2, -0.15) is 8.78 Å². The van der Waals surface area contributed by atoms with Crippen molar-refractivity contribution in [2.45, 2.75) is 31.7 Å². The molecule has 2 heterocycles. The van der Waals surface area contributed by atoms with E-state index in [4.69, 9.17) is 0 Å². The monoisotopic (exact) mass is 294 g/mol. The first kappa shape index (κ1) is 14.1. The summed E-state index contributed by atoms with van der Waals surface area (Å²) < 4.78 is 28.1. The van der Waals surface area contributed by atoms with Crippen molar-refractivity contribution in [2.24, 2.45) is 5.92 Å². The lowest BCUT2D eigenvalue weighted by Crippen LogP contribution is -2.28. The van der Waals surface area contributed by atoms with Crippen LogP contribution in [0.5, 0.6) is 0 Å². The Morgan fingerprint density at radius 1 is 1.43 bits per heavy atom. The van der Waals surface area contributed by atoms with E-state index in [0.29, 0.717) is 11.3 Å². The maximum Gasteiger partial charge on any atom is 0.286 e. The van der Waals surface area contributed by atoms with Gasteiger partial charge in [0.2, 0.25) is 0 Å². The highest BCUT2D eigenvalue weighted by molar-refractivity contribution is 5.77. The molecule has 2 aromatic rings. The highest BCUT2D eigenvalue weighted by Crippen LogP contribution is 2.39. The molecule has 0 radical (unpaired) electrons. The molecule has 6 heteroatoms. The lowest BCUT2D eigenvalue weighted by Gasteiger charge is -2.17. The summed E-state index contributed by atoms with van der Waals surface area (Å²) in [6.07, 6.45) is 3.53. The predicted molar refractivity (Wildman–Crippen MR) is 74.4 cm³/mol. The van der Waals surface area contributed by atoms with Crippen molar-refractivity contribution in [3.63, 3.8) is 0 Å². The van der Waals surface area contributed by atoms with Crippen LogP contribution in [0.25, 0.3) is 10.9 Å².